The van der Waals surface area contributed by atoms with Gasteiger partial charge in [-0.15, -0.1) is 0 Å². The van der Waals surface area contributed by atoms with E-state index in [4.69, 9.17) is 4.74 Å². The lowest BCUT2D eigenvalue weighted by Crippen LogP contribution is -2.31. The second kappa shape index (κ2) is 11.7. The van der Waals surface area contributed by atoms with Crippen molar-refractivity contribution in [3.8, 4) is 0 Å². The van der Waals surface area contributed by atoms with Gasteiger partial charge in [0.1, 0.15) is 5.82 Å². The molecule has 0 unspecified atom stereocenters. The Bertz CT molecular complexity index is 1090. The van der Waals surface area contributed by atoms with Crippen LogP contribution in [-0.4, -0.2) is 44.3 Å². The molecule has 1 N–H and O–H groups in total. The topological polar surface area (TPSA) is 92.8 Å². The highest BCUT2D eigenvalue weighted by Gasteiger charge is 2.24. The molecule has 1 heterocycles. The molecule has 0 aliphatic carbocycles. The van der Waals surface area contributed by atoms with E-state index in [1.54, 1.807) is 30.3 Å². The molecule has 176 valence electrons. The van der Waals surface area contributed by atoms with Gasteiger partial charge in [-0.1, -0.05) is 43.2 Å². The Hall–Kier alpha value is -3.04. The van der Waals surface area contributed by atoms with Crippen LogP contribution in [0.3, 0.4) is 0 Å². The number of sulfonamides is 1. The van der Waals surface area contributed by atoms with Crippen molar-refractivity contribution in [1.82, 2.24) is 9.62 Å². The number of hydrogen-bond donors (Lipinski definition) is 1. The quantitative estimate of drug-likeness (QED) is 0.468. The molecule has 33 heavy (non-hydrogen) atoms. The van der Waals surface area contributed by atoms with Gasteiger partial charge in [0.2, 0.25) is 10.0 Å². The highest BCUT2D eigenvalue weighted by atomic mass is 32.2. The lowest BCUT2D eigenvalue weighted by Gasteiger charge is -2.19. The molecule has 0 spiro atoms. The fourth-order valence-corrected chi connectivity index (χ4v) is 4.93. The van der Waals surface area contributed by atoms with E-state index < -0.39 is 34.3 Å². The molecule has 0 saturated carbocycles. The van der Waals surface area contributed by atoms with Crippen molar-refractivity contribution < 1.29 is 27.1 Å². The predicted octanol–water partition coefficient (Wildman–Crippen LogP) is 3.26. The van der Waals surface area contributed by atoms with Gasteiger partial charge in [0.15, 0.2) is 6.61 Å². The Kier molecular flexibility index (Phi) is 8.73. The number of carbonyl (C=O) groups is 2. The number of carbonyl (C=O) groups excluding carboxylic acids is 2. The highest BCUT2D eigenvalue weighted by molar-refractivity contribution is 7.89. The standard InChI is InChI=1S/C24H27FN2O5S/c25-22-8-4-3-7-20(22)17-26-23(28)18-32-24(29)14-11-19-9-12-21(13-10-19)33(30,31)27-15-5-1-2-6-16-27/h3-4,7-14H,1-2,5-6,15-18H2,(H,26,28)/b14-11+. The SMILES string of the molecule is O=C(COC(=O)/C=C/c1ccc(S(=O)(=O)N2CCCCCC2)cc1)NCc1ccccc1F. The smallest absolute Gasteiger partial charge is 0.331 e. The third-order valence-electron chi connectivity index (χ3n) is 5.27. The molecular weight excluding hydrogens is 447 g/mol. The third-order valence-corrected chi connectivity index (χ3v) is 7.19. The fraction of sp³-hybridized carbons (Fsp3) is 0.333. The third kappa shape index (κ3) is 7.23. The van der Waals surface area contributed by atoms with E-state index in [-0.39, 0.29) is 11.4 Å². The first-order chi connectivity index (χ1) is 15.9. The zero-order chi connectivity index (χ0) is 23.7. The molecule has 9 heteroatoms. The van der Waals surface area contributed by atoms with Gasteiger partial charge in [0, 0.05) is 31.3 Å². The monoisotopic (exact) mass is 474 g/mol. The van der Waals surface area contributed by atoms with Crippen molar-refractivity contribution in [3.63, 3.8) is 0 Å². The van der Waals surface area contributed by atoms with Gasteiger partial charge in [-0.25, -0.2) is 17.6 Å². The van der Waals surface area contributed by atoms with Crippen LogP contribution in [0.2, 0.25) is 0 Å². The molecule has 7 nitrogen and oxygen atoms in total. The average Bonchev–Trinajstić information content (AvgIpc) is 3.11. The summed E-state index contributed by atoms with van der Waals surface area (Å²) in [6.45, 7) is 0.559. The van der Waals surface area contributed by atoms with E-state index in [9.17, 15) is 22.4 Å². The van der Waals surface area contributed by atoms with Crippen LogP contribution in [0.5, 0.6) is 0 Å². The lowest BCUT2D eigenvalue weighted by molar-refractivity contribution is -0.143. The van der Waals surface area contributed by atoms with Crippen LogP contribution < -0.4 is 5.32 Å². The minimum atomic E-state index is -3.53. The summed E-state index contributed by atoms with van der Waals surface area (Å²) in [5, 5.41) is 2.48. The van der Waals surface area contributed by atoms with E-state index in [1.165, 1.54) is 28.6 Å². The molecule has 2 aromatic rings. The molecule has 1 saturated heterocycles. The Balaban J connectivity index is 1.47. The normalized spacial score (nSPS) is 15.2. The zero-order valence-corrected chi connectivity index (χ0v) is 19.0. The average molecular weight is 475 g/mol. The van der Waals surface area contributed by atoms with Crippen molar-refractivity contribution in [2.24, 2.45) is 0 Å². The van der Waals surface area contributed by atoms with Gasteiger partial charge in [0.05, 0.1) is 4.90 Å². The first-order valence-corrected chi connectivity index (χ1v) is 12.3. The molecular formula is C24H27FN2O5S. The number of benzene rings is 2. The van der Waals surface area contributed by atoms with Crippen LogP contribution in [0.4, 0.5) is 4.39 Å². The molecule has 0 bridgehead atoms. The summed E-state index contributed by atoms with van der Waals surface area (Å²) < 4.78 is 45.5. The molecule has 3 rings (SSSR count). The second-order valence-electron chi connectivity index (χ2n) is 7.70. The van der Waals surface area contributed by atoms with E-state index in [2.05, 4.69) is 5.32 Å². The summed E-state index contributed by atoms with van der Waals surface area (Å²) in [5.74, 6) is -1.71. The van der Waals surface area contributed by atoms with Gasteiger partial charge in [-0.2, -0.15) is 4.31 Å². The van der Waals surface area contributed by atoms with E-state index in [1.807, 2.05) is 0 Å². The van der Waals surface area contributed by atoms with Crippen LogP contribution in [0, 0.1) is 5.82 Å². The number of nitrogens with zero attached hydrogens (tertiary/aromatic N) is 1. The molecule has 1 aliphatic heterocycles. The van der Waals surface area contributed by atoms with Crippen LogP contribution in [0.1, 0.15) is 36.8 Å². The molecule has 1 amide bonds. The Morgan fingerprint density at radius 2 is 1.67 bits per heavy atom. The van der Waals surface area contributed by atoms with Crippen LogP contribution in [-0.2, 0) is 30.9 Å². The van der Waals surface area contributed by atoms with E-state index in [0.29, 0.717) is 24.2 Å². The van der Waals surface area contributed by atoms with Crippen LogP contribution in [0.25, 0.3) is 6.08 Å². The number of hydrogen-bond acceptors (Lipinski definition) is 5. The van der Waals surface area contributed by atoms with Gasteiger partial charge in [0.25, 0.3) is 5.91 Å². The fourth-order valence-electron chi connectivity index (χ4n) is 3.42. The maximum atomic E-state index is 13.5. The number of amides is 1. The van der Waals surface area contributed by atoms with Gasteiger partial charge in [-0.3, -0.25) is 4.79 Å². The number of rotatable bonds is 8. The number of halogens is 1. The second-order valence-corrected chi connectivity index (χ2v) is 9.63. The maximum Gasteiger partial charge on any atom is 0.331 e. The highest BCUT2D eigenvalue weighted by Crippen LogP contribution is 2.21. The molecule has 0 aromatic heterocycles. The van der Waals surface area contributed by atoms with Crippen molar-refractivity contribution >= 4 is 28.0 Å². The van der Waals surface area contributed by atoms with Crippen LogP contribution in [0.15, 0.2) is 59.5 Å². The molecule has 2 aromatic carbocycles. The van der Waals surface area contributed by atoms with Gasteiger partial charge < -0.3 is 10.1 Å². The summed E-state index contributed by atoms with van der Waals surface area (Å²) >= 11 is 0. The van der Waals surface area contributed by atoms with Crippen molar-refractivity contribution in [3.05, 3.63) is 71.6 Å². The molecule has 1 aliphatic rings. The number of esters is 1. The van der Waals surface area contributed by atoms with E-state index >= 15 is 0 Å². The number of ether oxygens (including phenoxy) is 1. The first-order valence-electron chi connectivity index (χ1n) is 10.8. The molecule has 1 fully saturated rings. The van der Waals surface area contributed by atoms with Crippen LogP contribution >= 0.6 is 0 Å². The zero-order valence-electron chi connectivity index (χ0n) is 18.2. The van der Waals surface area contributed by atoms with Gasteiger partial charge in [-0.05, 0) is 42.7 Å². The van der Waals surface area contributed by atoms with Gasteiger partial charge >= 0.3 is 5.97 Å². The Morgan fingerprint density at radius 1 is 1.00 bits per heavy atom. The Labute approximate surface area is 193 Å². The summed E-state index contributed by atoms with van der Waals surface area (Å²) in [4.78, 5) is 23.9. The van der Waals surface area contributed by atoms with Crippen molar-refractivity contribution in [1.29, 1.82) is 0 Å². The summed E-state index contributed by atoms with van der Waals surface area (Å²) in [7, 11) is -3.53. The first kappa shape index (κ1) is 24.6. The largest absolute Gasteiger partial charge is 0.452 e. The summed E-state index contributed by atoms with van der Waals surface area (Å²) in [5.41, 5.74) is 0.948. The predicted molar refractivity (Wildman–Crippen MR) is 122 cm³/mol. The minimum Gasteiger partial charge on any atom is -0.452 e. The van der Waals surface area contributed by atoms with E-state index in [0.717, 1.165) is 31.8 Å². The molecule has 0 atom stereocenters. The minimum absolute atomic E-state index is 0.00835. The van der Waals surface area contributed by atoms with Crippen molar-refractivity contribution in [2.45, 2.75) is 37.1 Å². The summed E-state index contributed by atoms with van der Waals surface area (Å²) in [6.07, 6.45) is 6.44. The number of nitrogens with one attached hydrogen (secondary N) is 1. The maximum absolute atomic E-state index is 13.5. The lowest BCUT2D eigenvalue weighted by atomic mass is 10.2. The van der Waals surface area contributed by atoms with Crippen molar-refractivity contribution in [2.75, 3.05) is 19.7 Å². The Morgan fingerprint density at radius 3 is 2.33 bits per heavy atom. The summed E-state index contributed by atoms with van der Waals surface area (Å²) in [6, 6.07) is 12.3. The molecule has 0 radical (unpaired) electrons.